The summed E-state index contributed by atoms with van der Waals surface area (Å²) in [5.74, 6) is 0.338. The van der Waals surface area contributed by atoms with Gasteiger partial charge in [0.05, 0.1) is 16.5 Å². The minimum absolute atomic E-state index is 0.0457. The van der Waals surface area contributed by atoms with Crippen molar-refractivity contribution in [3.63, 3.8) is 0 Å². The predicted octanol–water partition coefficient (Wildman–Crippen LogP) is 6.06. The molecule has 3 aromatic rings. The lowest BCUT2D eigenvalue weighted by Crippen LogP contribution is -2.30. The van der Waals surface area contributed by atoms with E-state index in [1.54, 1.807) is 42.1 Å². The van der Waals surface area contributed by atoms with Crippen molar-refractivity contribution in [2.24, 2.45) is 0 Å². The zero-order valence-corrected chi connectivity index (χ0v) is 18.9. The quantitative estimate of drug-likeness (QED) is 0.475. The fourth-order valence-corrected chi connectivity index (χ4v) is 5.01. The molecule has 0 saturated carbocycles. The van der Waals surface area contributed by atoms with Crippen LogP contribution in [0.3, 0.4) is 0 Å². The van der Waals surface area contributed by atoms with Crippen LogP contribution < -0.4 is 5.32 Å². The fraction of sp³-hybridized carbons (Fsp3) is 0.167. The average Bonchev–Trinajstić information content (AvgIpc) is 3.16. The Hall–Kier alpha value is -2.47. The van der Waals surface area contributed by atoms with Gasteiger partial charge in [0.25, 0.3) is 5.91 Å². The Morgan fingerprint density at radius 3 is 2.52 bits per heavy atom. The second-order valence-electron chi connectivity index (χ2n) is 7.19. The average molecular weight is 471 g/mol. The Bertz CT molecular complexity index is 1090. The zero-order valence-electron chi connectivity index (χ0n) is 16.6. The number of nitrogens with one attached hydrogen (secondary N) is 1. The number of hydrogen-bond donors (Lipinski definition) is 1. The van der Waals surface area contributed by atoms with E-state index < -0.39 is 0 Å². The van der Waals surface area contributed by atoms with E-state index in [-0.39, 0.29) is 17.2 Å². The van der Waals surface area contributed by atoms with E-state index in [9.17, 15) is 9.59 Å². The van der Waals surface area contributed by atoms with Crippen LogP contribution in [0.25, 0.3) is 0 Å². The van der Waals surface area contributed by atoms with Crippen LogP contribution in [0.5, 0.6) is 0 Å². The number of anilines is 1. The molecule has 158 valence electrons. The van der Waals surface area contributed by atoms with Gasteiger partial charge in [-0.05, 0) is 47.9 Å². The lowest BCUT2D eigenvalue weighted by atomic mass is 10.1. The molecule has 31 heavy (non-hydrogen) atoms. The van der Waals surface area contributed by atoms with Gasteiger partial charge in [-0.15, -0.1) is 11.8 Å². The monoisotopic (exact) mass is 470 g/mol. The number of thioether (sulfide) groups is 1. The van der Waals surface area contributed by atoms with Crippen molar-refractivity contribution < 1.29 is 9.59 Å². The molecule has 1 aliphatic rings. The highest BCUT2D eigenvalue weighted by atomic mass is 35.5. The first-order valence-electron chi connectivity index (χ1n) is 9.82. The third-order valence-corrected chi connectivity index (χ3v) is 6.91. The normalized spacial score (nSPS) is 15.9. The molecule has 1 atom stereocenters. The molecule has 1 saturated heterocycles. The Morgan fingerprint density at radius 1 is 1.03 bits per heavy atom. The number of amides is 2. The summed E-state index contributed by atoms with van der Waals surface area (Å²) in [6.45, 7) is 0.663. The largest absolute Gasteiger partial charge is 0.326 e. The molecule has 1 aliphatic heterocycles. The van der Waals surface area contributed by atoms with Gasteiger partial charge in [0.15, 0.2) is 0 Å². The molecule has 1 heterocycles. The van der Waals surface area contributed by atoms with E-state index in [1.807, 2.05) is 35.2 Å². The van der Waals surface area contributed by atoms with Gasteiger partial charge < -0.3 is 10.2 Å². The number of hydrogen-bond acceptors (Lipinski definition) is 3. The SMILES string of the molecule is O=C(Nc1cc(Cl)ccc1Cl)c1ccc([C@@H]2SCC(=O)N2CCc2ccccc2)cc1. The maximum atomic E-state index is 12.6. The maximum absolute atomic E-state index is 12.6. The third kappa shape index (κ3) is 5.24. The Kier molecular flexibility index (Phi) is 6.86. The van der Waals surface area contributed by atoms with Crippen LogP contribution in [0, 0.1) is 0 Å². The van der Waals surface area contributed by atoms with Crippen LogP contribution >= 0.6 is 35.0 Å². The van der Waals surface area contributed by atoms with Crippen molar-refractivity contribution in [3.8, 4) is 0 Å². The van der Waals surface area contributed by atoms with E-state index in [2.05, 4.69) is 17.4 Å². The van der Waals surface area contributed by atoms with E-state index in [0.717, 1.165) is 12.0 Å². The topological polar surface area (TPSA) is 49.4 Å². The van der Waals surface area contributed by atoms with Crippen molar-refractivity contribution >= 4 is 52.5 Å². The molecule has 4 rings (SSSR count). The summed E-state index contributed by atoms with van der Waals surface area (Å²) in [5.41, 5.74) is 3.18. The second-order valence-corrected chi connectivity index (χ2v) is 9.10. The minimum atomic E-state index is -0.271. The Labute approximate surface area is 195 Å². The van der Waals surface area contributed by atoms with Gasteiger partial charge in [0.2, 0.25) is 5.91 Å². The van der Waals surface area contributed by atoms with Crippen LogP contribution in [0.1, 0.15) is 26.9 Å². The molecule has 3 aromatic carbocycles. The van der Waals surface area contributed by atoms with Crippen LogP contribution in [0.2, 0.25) is 10.0 Å². The summed E-state index contributed by atoms with van der Waals surface area (Å²) in [5, 5.41) is 3.65. The standard InChI is InChI=1S/C24H20Cl2N2O2S/c25-19-10-11-20(26)21(14-19)27-23(30)17-6-8-18(9-7-17)24-28(22(29)15-31-24)13-12-16-4-2-1-3-5-16/h1-11,14,24H,12-13,15H2,(H,27,30)/t24-/m0/s1. The molecule has 1 N–H and O–H groups in total. The predicted molar refractivity (Wildman–Crippen MR) is 128 cm³/mol. The lowest BCUT2D eigenvalue weighted by Gasteiger charge is -2.24. The summed E-state index contributed by atoms with van der Waals surface area (Å²) >= 11 is 13.7. The van der Waals surface area contributed by atoms with E-state index >= 15 is 0 Å². The number of rotatable bonds is 6. The molecule has 4 nitrogen and oxygen atoms in total. The Morgan fingerprint density at radius 2 is 1.77 bits per heavy atom. The number of carbonyl (C=O) groups excluding carboxylic acids is 2. The van der Waals surface area contributed by atoms with Crippen LogP contribution in [-0.4, -0.2) is 29.0 Å². The fourth-order valence-electron chi connectivity index (χ4n) is 3.45. The third-order valence-electron chi connectivity index (χ3n) is 5.09. The van der Waals surface area contributed by atoms with Gasteiger partial charge in [-0.1, -0.05) is 65.7 Å². The molecule has 2 amide bonds. The molecular formula is C24H20Cl2N2O2S. The number of carbonyl (C=O) groups is 2. The van der Waals surface area contributed by atoms with Crippen LogP contribution in [-0.2, 0) is 11.2 Å². The maximum Gasteiger partial charge on any atom is 0.255 e. The summed E-state index contributed by atoms with van der Waals surface area (Å²) in [6, 6.07) is 22.4. The van der Waals surface area contributed by atoms with Crippen molar-refractivity contribution in [2.45, 2.75) is 11.8 Å². The molecule has 0 radical (unpaired) electrons. The highest BCUT2D eigenvalue weighted by Crippen LogP contribution is 2.38. The van der Waals surface area contributed by atoms with Crippen LogP contribution in [0.15, 0.2) is 72.8 Å². The molecule has 0 aliphatic carbocycles. The summed E-state index contributed by atoms with van der Waals surface area (Å²) < 4.78 is 0. The second kappa shape index (κ2) is 9.77. The van der Waals surface area contributed by atoms with Gasteiger partial charge in [-0.3, -0.25) is 9.59 Å². The first-order chi connectivity index (χ1) is 15.0. The smallest absolute Gasteiger partial charge is 0.255 e. The summed E-state index contributed by atoms with van der Waals surface area (Å²) in [7, 11) is 0. The zero-order chi connectivity index (χ0) is 21.8. The van der Waals surface area contributed by atoms with Crippen molar-refractivity contribution in [2.75, 3.05) is 17.6 Å². The first kappa shape index (κ1) is 21.8. The number of nitrogens with zero attached hydrogens (tertiary/aromatic N) is 1. The van der Waals surface area contributed by atoms with E-state index in [1.165, 1.54) is 5.56 Å². The number of halogens is 2. The summed E-state index contributed by atoms with van der Waals surface area (Å²) in [4.78, 5) is 27.0. The van der Waals surface area contributed by atoms with Crippen molar-refractivity contribution in [1.82, 2.24) is 4.90 Å². The van der Waals surface area contributed by atoms with Gasteiger partial charge in [-0.2, -0.15) is 0 Å². The highest BCUT2D eigenvalue weighted by Gasteiger charge is 2.32. The van der Waals surface area contributed by atoms with Gasteiger partial charge in [-0.25, -0.2) is 0 Å². The molecule has 0 aromatic heterocycles. The number of benzene rings is 3. The molecule has 0 unspecified atom stereocenters. The Balaban J connectivity index is 1.44. The van der Waals surface area contributed by atoms with E-state index in [0.29, 0.717) is 33.6 Å². The van der Waals surface area contributed by atoms with Gasteiger partial charge in [0.1, 0.15) is 5.37 Å². The molecule has 7 heteroatoms. The first-order valence-corrected chi connectivity index (χ1v) is 11.6. The van der Waals surface area contributed by atoms with Gasteiger partial charge >= 0.3 is 0 Å². The summed E-state index contributed by atoms with van der Waals surface area (Å²) in [6.07, 6.45) is 0.810. The van der Waals surface area contributed by atoms with Crippen molar-refractivity contribution in [1.29, 1.82) is 0 Å². The highest BCUT2D eigenvalue weighted by molar-refractivity contribution is 8.00. The van der Waals surface area contributed by atoms with E-state index in [4.69, 9.17) is 23.2 Å². The minimum Gasteiger partial charge on any atom is -0.326 e. The molecular weight excluding hydrogens is 451 g/mol. The van der Waals surface area contributed by atoms with Crippen LogP contribution in [0.4, 0.5) is 5.69 Å². The van der Waals surface area contributed by atoms with Crippen molar-refractivity contribution in [3.05, 3.63) is 99.5 Å². The molecule has 0 bridgehead atoms. The molecule has 1 fully saturated rings. The lowest BCUT2D eigenvalue weighted by molar-refractivity contribution is -0.128. The molecule has 0 spiro atoms. The van der Waals surface area contributed by atoms with Gasteiger partial charge in [0, 0.05) is 17.1 Å².